The van der Waals surface area contributed by atoms with E-state index in [0.717, 1.165) is 10.1 Å². The van der Waals surface area contributed by atoms with E-state index in [9.17, 15) is 9.18 Å². The second-order valence-electron chi connectivity index (χ2n) is 4.83. The molecular formula is C13H15FN2OS. The Labute approximate surface area is 109 Å². The van der Waals surface area contributed by atoms with Crippen LogP contribution in [0.15, 0.2) is 24.3 Å². The van der Waals surface area contributed by atoms with Crippen LogP contribution in [0.25, 0.3) is 10.1 Å². The summed E-state index contributed by atoms with van der Waals surface area (Å²) in [6.07, 6.45) is 0. The minimum atomic E-state index is -0.446. The highest BCUT2D eigenvalue weighted by atomic mass is 32.1. The van der Waals surface area contributed by atoms with Gasteiger partial charge in [-0.1, -0.05) is 6.07 Å². The van der Waals surface area contributed by atoms with Gasteiger partial charge in [-0.05, 0) is 37.4 Å². The van der Waals surface area contributed by atoms with E-state index in [1.807, 2.05) is 13.8 Å². The molecule has 2 rings (SSSR count). The zero-order valence-corrected chi connectivity index (χ0v) is 11.1. The molecule has 0 bridgehead atoms. The van der Waals surface area contributed by atoms with Crippen LogP contribution >= 0.6 is 11.3 Å². The van der Waals surface area contributed by atoms with Crippen molar-refractivity contribution in [3.63, 3.8) is 0 Å². The van der Waals surface area contributed by atoms with Gasteiger partial charge in [0.05, 0.1) is 4.88 Å². The first-order valence-electron chi connectivity index (χ1n) is 5.63. The third-order valence-electron chi connectivity index (χ3n) is 2.67. The molecule has 96 valence electrons. The Morgan fingerprint density at radius 1 is 1.44 bits per heavy atom. The Morgan fingerprint density at radius 3 is 2.83 bits per heavy atom. The van der Waals surface area contributed by atoms with E-state index in [2.05, 4.69) is 5.32 Å². The fourth-order valence-electron chi connectivity index (χ4n) is 1.54. The van der Waals surface area contributed by atoms with Gasteiger partial charge in [-0.25, -0.2) is 4.39 Å². The summed E-state index contributed by atoms with van der Waals surface area (Å²) in [4.78, 5) is 12.6. The zero-order chi connectivity index (χ0) is 13.3. The first kappa shape index (κ1) is 13.0. The molecular weight excluding hydrogens is 251 g/mol. The molecule has 5 heteroatoms. The van der Waals surface area contributed by atoms with Crippen molar-refractivity contribution >= 4 is 27.3 Å². The molecule has 18 heavy (non-hydrogen) atoms. The Bertz CT molecular complexity index is 592. The van der Waals surface area contributed by atoms with Gasteiger partial charge >= 0.3 is 0 Å². The lowest BCUT2D eigenvalue weighted by Gasteiger charge is -2.23. The number of fused-ring (bicyclic) bond motifs is 1. The second kappa shape index (κ2) is 4.66. The second-order valence-corrected chi connectivity index (χ2v) is 5.92. The van der Waals surface area contributed by atoms with Gasteiger partial charge in [-0.15, -0.1) is 11.3 Å². The minimum absolute atomic E-state index is 0.174. The average molecular weight is 266 g/mol. The van der Waals surface area contributed by atoms with Crippen LogP contribution in [0.1, 0.15) is 23.5 Å². The average Bonchev–Trinajstić information content (AvgIpc) is 2.71. The van der Waals surface area contributed by atoms with Gasteiger partial charge < -0.3 is 11.1 Å². The lowest BCUT2D eigenvalue weighted by Crippen LogP contribution is -2.48. The highest BCUT2D eigenvalue weighted by molar-refractivity contribution is 7.20. The molecule has 0 fully saturated rings. The number of rotatable bonds is 3. The molecule has 0 saturated heterocycles. The predicted octanol–water partition coefficient (Wildman–Crippen LogP) is 2.51. The van der Waals surface area contributed by atoms with Gasteiger partial charge in [0, 0.05) is 16.8 Å². The van der Waals surface area contributed by atoms with Crippen LogP contribution in [0.3, 0.4) is 0 Å². The molecule has 3 N–H and O–H groups in total. The number of halogens is 1. The lowest BCUT2D eigenvalue weighted by molar-refractivity contribution is 0.0920. The van der Waals surface area contributed by atoms with Crippen molar-refractivity contribution in [2.45, 2.75) is 19.4 Å². The first-order valence-corrected chi connectivity index (χ1v) is 6.45. The van der Waals surface area contributed by atoms with Crippen LogP contribution in [0.4, 0.5) is 4.39 Å². The summed E-state index contributed by atoms with van der Waals surface area (Å²) in [6, 6.07) is 6.26. The third kappa shape index (κ3) is 2.68. The van der Waals surface area contributed by atoms with E-state index in [-0.39, 0.29) is 11.7 Å². The molecule has 1 aromatic carbocycles. The van der Waals surface area contributed by atoms with Gasteiger partial charge in [0.2, 0.25) is 0 Å². The number of nitrogens with one attached hydrogen (secondary N) is 1. The summed E-state index contributed by atoms with van der Waals surface area (Å²) in [5.74, 6) is -0.467. The fraction of sp³-hybridized carbons (Fsp3) is 0.308. The molecule has 0 atom stereocenters. The summed E-state index contributed by atoms with van der Waals surface area (Å²) in [5.41, 5.74) is 5.12. The van der Waals surface area contributed by atoms with Crippen LogP contribution in [0.5, 0.6) is 0 Å². The van der Waals surface area contributed by atoms with Crippen molar-refractivity contribution in [1.82, 2.24) is 5.32 Å². The molecule has 0 aliphatic carbocycles. The molecule has 0 radical (unpaired) electrons. The van der Waals surface area contributed by atoms with Crippen LogP contribution < -0.4 is 11.1 Å². The highest BCUT2D eigenvalue weighted by Crippen LogP contribution is 2.26. The third-order valence-corrected chi connectivity index (χ3v) is 3.76. The Kier molecular flexibility index (Phi) is 3.36. The molecule has 0 unspecified atom stereocenters. The van der Waals surface area contributed by atoms with Gasteiger partial charge in [0.25, 0.3) is 5.91 Å². The Balaban J connectivity index is 2.28. The largest absolute Gasteiger partial charge is 0.345 e. The van der Waals surface area contributed by atoms with Crippen molar-refractivity contribution in [1.29, 1.82) is 0 Å². The standard InChI is InChI=1S/C13H15FN2OS/c1-13(2,7-15)16-12(17)11-5-8-3-4-9(14)6-10(8)18-11/h3-6H,7,15H2,1-2H3,(H,16,17). The summed E-state index contributed by atoms with van der Waals surface area (Å²) in [5, 5.41) is 3.72. The number of thiophene rings is 1. The molecule has 1 amide bonds. The predicted molar refractivity (Wildman–Crippen MR) is 72.4 cm³/mol. The summed E-state index contributed by atoms with van der Waals surface area (Å²) in [6.45, 7) is 4.08. The van der Waals surface area contributed by atoms with Gasteiger partial charge in [0.15, 0.2) is 0 Å². The number of carbonyl (C=O) groups excluding carboxylic acids is 1. The van der Waals surface area contributed by atoms with Crippen LogP contribution in [0.2, 0.25) is 0 Å². The number of hydrogen-bond donors (Lipinski definition) is 2. The number of hydrogen-bond acceptors (Lipinski definition) is 3. The summed E-state index contributed by atoms with van der Waals surface area (Å²) < 4.78 is 13.8. The zero-order valence-electron chi connectivity index (χ0n) is 10.3. The molecule has 1 aromatic heterocycles. The van der Waals surface area contributed by atoms with Crippen molar-refractivity contribution in [2.75, 3.05) is 6.54 Å². The molecule has 0 saturated carbocycles. The summed E-state index contributed by atoms with van der Waals surface area (Å²) >= 11 is 1.28. The van der Waals surface area contributed by atoms with E-state index in [1.165, 1.54) is 23.5 Å². The van der Waals surface area contributed by atoms with Gasteiger partial charge in [0.1, 0.15) is 5.82 Å². The van der Waals surface area contributed by atoms with Gasteiger partial charge in [-0.3, -0.25) is 4.79 Å². The minimum Gasteiger partial charge on any atom is -0.345 e. The van der Waals surface area contributed by atoms with Crippen LogP contribution in [-0.2, 0) is 0 Å². The number of benzene rings is 1. The van der Waals surface area contributed by atoms with Gasteiger partial charge in [-0.2, -0.15) is 0 Å². The maximum absolute atomic E-state index is 13.1. The molecule has 1 heterocycles. The van der Waals surface area contributed by atoms with E-state index in [1.54, 1.807) is 12.1 Å². The lowest BCUT2D eigenvalue weighted by atomic mass is 10.1. The van der Waals surface area contributed by atoms with E-state index in [0.29, 0.717) is 11.4 Å². The number of amides is 1. The maximum Gasteiger partial charge on any atom is 0.261 e. The monoisotopic (exact) mass is 266 g/mol. The molecule has 0 aliphatic rings. The molecule has 3 nitrogen and oxygen atoms in total. The normalized spacial score (nSPS) is 11.8. The van der Waals surface area contributed by atoms with Crippen molar-refractivity contribution in [3.8, 4) is 0 Å². The Morgan fingerprint density at radius 2 is 2.17 bits per heavy atom. The topological polar surface area (TPSA) is 55.1 Å². The van der Waals surface area contributed by atoms with E-state index in [4.69, 9.17) is 5.73 Å². The number of carbonyl (C=O) groups is 1. The fourth-order valence-corrected chi connectivity index (χ4v) is 2.52. The first-order chi connectivity index (χ1) is 8.41. The van der Waals surface area contributed by atoms with Crippen molar-refractivity contribution < 1.29 is 9.18 Å². The maximum atomic E-state index is 13.1. The van der Waals surface area contributed by atoms with Crippen molar-refractivity contribution in [2.24, 2.45) is 5.73 Å². The van der Waals surface area contributed by atoms with Crippen LogP contribution in [-0.4, -0.2) is 18.0 Å². The van der Waals surface area contributed by atoms with Crippen LogP contribution in [0, 0.1) is 5.82 Å². The number of nitrogens with two attached hydrogens (primary N) is 1. The molecule has 0 spiro atoms. The smallest absolute Gasteiger partial charge is 0.261 e. The summed E-state index contributed by atoms with van der Waals surface area (Å²) in [7, 11) is 0. The Hall–Kier alpha value is -1.46. The SMILES string of the molecule is CC(C)(CN)NC(=O)c1cc2ccc(F)cc2s1. The van der Waals surface area contributed by atoms with E-state index < -0.39 is 5.54 Å². The highest BCUT2D eigenvalue weighted by Gasteiger charge is 2.20. The van der Waals surface area contributed by atoms with E-state index >= 15 is 0 Å². The molecule has 2 aromatic rings. The molecule has 0 aliphatic heterocycles. The van der Waals surface area contributed by atoms with Crippen molar-refractivity contribution in [3.05, 3.63) is 35.0 Å². The quantitative estimate of drug-likeness (QED) is 0.897.